The van der Waals surface area contributed by atoms with Crippen molar-refractivity contribution in [1.29, 1.82) is 0 Å². The summed E-state index contributed by atoms with van der Waals surface area (Å²) < 4.78 is 12.4. The number of likely N-dealkylation sites (N-methyl/N-ethyl adjacent to an activating group) is 1. The maximum Gasteiger partial charge on any atom is 0.272 e. The van der Waals surface area contributed by atoms with Gasteiger partial charge in [0.25, 0.3) is 11.6 Å². The molecule has 0 aliphatic carbocycles. The number of ether oxygens (including phenoxy) is 2. The van der Waals surface area contributed by atoms with Crippen molar-refractivity contribution in [3.63, 3.8) is 0 Å². The van der Waals surface area contributed by atoms with Crippen molar-refractivity contribution in [2.45, 2.75) is 6.92 Å². The molecular formula is C24H27N5O5. The Hall–Kier alpha value is -3.92. The van der Waals surface area contributed by atoms with Gasteiger partial charge in [-0.25, -0.2) is 4.68 Å². The van der Waals surface area contributed by atoms with Crippen molar-refractivity contribution >= 4 is 11.6 Å². The number of non-ortho nitro benzene ring substituents is 1. The standard InChI is InChI=1S/C24H27N5O5/c1-4-26-11-13-27(14-12-26)24(30)22-16-21(20-10-9-19(33-2)15-23(20)34-3)25-28(22)17-5-7-18(8-6-17)29(31)32/h5-10,15-16H,4,11-14H2,1-3H3. The first-order valence-corrected chi connectivity index (χ1v) is 11.0. The highest BCUT2D eigenvalue weighted by Crippen LogP contribution is 2.34. The van der Waals surface area contributed by atoms with Gasteiger partial charge < -0.3 is 19.3 Å². The molecule has 1 saturated heterocycles. The number of aromatic nitrogens is 2. The van der Waals surface area contributed by atoms with Gasteiger partial charge in [0.05, 0.1) is 30.5 Å². The summed E-state index contributed by atoms with van der Waals surface area (Å²) in [4.78, 5) is 28.3. The fourth-order valence-corrected chi connectivity index (χ4v) is 4.02. The molecule has 178 valence electrons. The first-order chi connectivity index (χ1) is 16.4. The van der Waals surface area contributed by atoms with Crippen LogP contribution in [-0.4, -0.2) is 77.4 Å². The molecule has 0 radical (unpaired) electrons. The summed E-state index contributed by atoms with van der Waals surface area (Å²) in [6, 6.07) is 13.1. The van der Waals surface area contributed by atoms with Gasteiger partial charge in [-0.1, -0.05) is 6.92 Å². The Balaban J connectivity index is 1.77. The van der Waals surface area contributed by atoms with Gasteiger partial charge in [-0.05, 0) is 36.9 Å². The number of carbonyl (C=O) groups excluding carboxylic acids is 1. The minimum Gasteiger partial charge on any atom is -0.497 e. The van der Waals surface area contributed by atoms with Gasteiger partial charge in [0.15, 0.2) is 0 Å². The molecule has 10 nitrogen and oxygen atoms in total. The molecule has 10 heteroatoms. The maximum absolute atomic E-state index is 13.6. The van der Waals surface area contributed by atoms with Crippen molar-refractivity contribution < 1.29 is 19.2 Å². The third-order valence-electron chi connectivity index (χ3n) is 6.02. The van der Waals surface area contributed by atoms with Crippen LogP contribution in [0.2, 0.25) is 0 Å². The number of nitro groups is 1. The Kier molecular flexibility index (Phi) is 6.78. The lowest BCUT2D eigenvalue weighted by molar-refractivity contribution is -0.384. The Morgan fingerprint density at radius 1 is 1.03 bits per heavy atom. The third kappa shape index (κ3) is 4.58. The molecule has 0 atom stereocenters. The molecule has 1 aromatic heterocycles. The van der Waals surface area contributed by atoms with Crippen molar-refractivity contribution in [2.24, 2.45) is 0 Å². The lowest BCUT2D eigenvalue weighted by atomic mass is 10.1. The molecule has 3 aromatic rings. The number of hydrogen-bond acceptors (Lipinski definition) is 7. The molecule has 1 amide bonds. The van der Waals surface area contributed by atoms with Crippen LogP contribution in [0.3, 0.4) is 0 Å². The number of amides is 1. The average Bonchev–Trinajstić information content (AvgIpc) is 3.33. The highest BCUT2D eigenvalue weighted by Gasteiger charge is 2.26. The number of carbonyl (C=O) groups is 1. The van der Waals surface area contributed by atoms with Crippen LogP contribution < -0.4 is 9.47 Å². The van der Waals surface area contributed by atoms with E-state index in [2.05, 4.69) is 11.8 Å². The normalized spacial score (nSPS) is 14.1. The summed E-state index contributed by atoms with van der Waals surface area (Å²) >= 11 is 0. The summed E-state index contributed by atoms with van der Waals surface area (Å²) in [6.07, 6.45) is 0. The minimum absolute atomic E-state index is 0.0310. The lowest BCUT2D eigenvalue weighted by Gasteiger charge is -2.34. The van der Waals surface area contributed by atoms with Crippen molar-refractivity contribution in [3.8, 4) is 28.4 Å². The molecule has 0 spiro atoms. The van der Waals surface area contributed by atoms with Crippen molar-refractivity contribution in [1.82, 2.24) is 19.6 Å². The molecule has 2 aromatic carbocycles. The SMILES string of the molecule is CCN1CCN(C(=O)c2cc(-c3ccc(OC)cc3OC)nn2-c2ccc([N+](=O)[O-])cc2)CC1. The summed E-state index contributed by atoms with van der Waals surface area (Å²) in [6.45, 7) is 5.93. The predicted molar refractivity (Wildman–Crippen MR) is 127 cm³/mol. The van der Waals surface area contributed by atoms with E-state index < -0.39 is 4.92 Å². The van der Waals surface area contributed by atoms with Crippen LogP contribution in [-0.2, 0) is 0 Å². The highest BCUT2D eigenvalue weighted by molar-refractivity contribution is 5.94. The second kappa shape index (κ2) is 9.92. The monoisotopic (exact) mass is 465 g/mol. The van der Waals surface area contributed by atoms with E-state index in [1.54, 1.807) is 44.6 Å². The maximum atomic E-state index is 13.6. The molecule has 0 bridgehead atoms. The molecule has 4 rings (SSSR count). The molecule has 1 fully saturated rings. The van der Waals surface area contributed by atoms with Gasteiger partial charge in [0, 0.05) is 49.9 Å². The highest BCUT2D eigenvalue weighted by atomic mass is 16.6. The van der Waals surface area contributed by atoms with E-state index in [0.29, 0.717) is 47.2 Å². The zero-order valence-electron chi connectivity index (χ0n) is 19.4. The summed E-state index contributed by atoms with van der Waals surface area (Å²) in [5.41, 5.74) is 2.16. The Bertz CT molecular complexity index is 1180. The van der Waals surface area contributed by atoms with Crippen LogP contribution in [0.1, 0.15) is 17.4 Å². The first-order valence-electron chi connectivity index (χ1n) is 11.0. The predicted octanol–water partition coefficient (Wildman–Crippen LogP) is 3.24. The molecule has 1 aliphatic heterocycles. The van der Waals surface area contributed by atoms with E-state index in [4.69, 9.17) is 14.6 Å². The molecule has 0 N–H and O–H groups in total. The van der Waals surface area contributed by atoms with E-state index in [9.17, 15) is 14.9 Å². The van der Waals surface area contributed by atoms with Gasteiger partial charge in [-0.2, -0.15) is 5.10 Å². The van der Waals surface area contributed by atoms with E-state index in [0.717, 1.165) is 19.6 Å². The van der Waals surface area contributed by atoms with Crippen LogP contribution in [0.15, 0.2) is 48.5 Å². The second-order valence-corrected chi connectivity index (χ2v) is 7.89. The zero-order chi connectivity index (χ0) is 24.2. The van der Waals surface area contributed by atoms with E-state index in [1.165, 1.54) is 16.8 Å². The molecule has 0 saturated carbocycles. The Morgan fingerprint density at radius 2 is 1.74 bits per heavy atom. The number of methoxy groups -OCH3 is 2. The van der Waals surface area contributed by atoms with Gasteiger partial charge in [-0.3, -0.25) is 14.9 Å². The fraction of sp³-hybridized carbons (Fsp3) is 0.333. The fourth-order valence-electron chi connectivity index (χ4n) is 4.02. The molecule has 0 unspecified atom stereocenters. The van der Waals surface area contributed by atoms with Gasteiger partial charge >= 0.3 is 0 Å². The number of piperazine rings is 1. The topological polar surface area (TPSA) is 103 Å². The third-order valence-corrected chi connectivity index (χ3v) is 6.02. The Morgan fingerprint density at radius 3 is 2.32 bits per heavy atom. The van der Waals surface area contributed by atoms with E-state index in [1.807, 2.05) is 11.0 Å². The summed E-state index contributed by atoms with van der Waals surface area (Å²) in [5.74, 6) is 1.06. The van der Waals surface area contributed by atoms with Crippen LogP contribution in [0.4, 0.5) is 5.69 Å². The number of hydrogen-bond donors (Lipinski definition) is 0. The van der Waals surface area contributed by atoms with E-state index in [-0.39, 0.29) is 11.6 Å². The molecule has 34 heavy (non-hydrogen) atoms. The largest absolute Gasteiger partial charge is 0.497 e. The van der Waals surface area contributed by atoms with Crippen molar-refractivity contribution in [3.05, 3.63) is 64.3 Å². The van der Waals surface area contributed by atoms with Crippen LogP contribution in [0.25, 0.3) is 16.9 Å². The molecule has 2 heterocycles. The van der Waals surface area contributed by atoms with Gasteiger partial charge in [0.1, 0.15) is 17.2 Å². The second-order valence-electron chi connectivity index (χ2n) is 7.89. The lowest BCUT2D eigenvalue weighted by Crippen LogP contribution is -2.48. The average molecular weight is 466 g/mol. The summed E-state index contributed by atoms with van der Waals surface area (Å²) in [7, 11) is 3.14. The number of benzene rings is 2. The summed E-state index contributed by atoms with van der Waals surface area (Å²) in [5, 5.41) is 15.8. The molecule has 1 aliphatic rings. The smallest absolute Gasteiger partial charge is 0.272 e. The van der Waals surface area contributed by atoms with Crippen LogP contribution in [0, 0.1) is 10.1 Å². The first kappa shape index (κ1) is 23.2. The number of nitro benzene ring substituents is 1. The van der Waals surface area contributed by atoms with Gasteiger partial charge in [0.2, 0.25) is 0 Å². The minimum atomic E-state index is -0.459. The van der Waals surface area contributed by atoms with Crippen molar-refractivity contribution in [2.75, 3.05) is 46.9 Å². The van der Waals surface area contributed by atoms with Crippen LogP contribution >= 0.6 is 0 Å². The molecular weight excluding hydrogens is 438 g/mol. The van der Waals surface area contributed by atoms with E-state index >= 15 is 0 Å². The quantitative estimate of drug-likeness (QED) is 0.390. The van der Waals surface area contributed by atoms with Gasteiger partial charge in [-0.15, -0.1) is 0 Å². The Labute approximate surface area is 197 Å². The number of nitrogens with zero attached hydrogens (tertiary/aromatic N) is 5. The van der Waals surface area contributed by atoms with Crippen LogP contribution in [0.5, 0.6) is 11.5 Å². The zero-order valence-corrected chi connectivity index (χ0v) is 19.4. The number of rotatable bonds is 7.